The third-order valence-corrected chi connectivity index (χ3v) is 7.35. The minimum Gasteiger partial charge on any atom is -0.368 e. The summed E-state index contributed by atoms with van der Waals surface area (Å²) in [7, 11) is 1.61. The monoisotopic (exact) mass is 491 g/mol. The van der Waals surface area contributed by atoms with Gasteiger partial charge in [0.05, 0.1) is 23.9 Å². The molecule has 1 atom stereocenters. The van der Waals surface area contributed by atoms with Gasteiger partial charge in [0.15, 0.2) is 0 Å². The average molecular weight is 492 g/mol. The van der Waals surface area contributed by atoms with Gasteiger partial charge in [-0.05, 0) is 42.7 Å². The van der Waals surface area contributed by atoms with Gasteiger partial charge in [-0.15, -0.1) is 0 Å². The molecule has 0 spiro atoms. The SMILES string of the molecule is Cc1cccc(C)c1N1CCN(C(=O)CN2CC3=C(C2=O)C(c2ccc(F)cc2)NC(=O)N3C)CC1. The molecule has 0 saturated carbocycles. The highest BCUT2D eigenvalue weighted by Crippen LogP contribution is 2.35. The van der Waals surface area contributed by atoms with E-state index in [0.717, 1.165) is 13.1 Å². The first kappa shape index (κ1) is 23.8. The summed E-state index contributed by atoms with van der Waals surface area (Å²) < 4.78 is 13.5. The van der Waals surface area contributed by atoms with E-state index in [1.54, 1.807) is 24.1 Å². The Kier molecular flexibility index (Phi) is 6.15. The number of para-hydroxylation sites is 1. The van der Waals surface area contributed by atoms with E-state index >= 15 is 0 Å². The molecule has 0 aromatic heterocycles. The molecule has 5 rings (SSSR count). The fraction of sp³-hybridized carbons (Fsp3) is 0.370. The molecule has 3 heterocycles. The number of anilines is 1. The number of likely N-dealkylation sites (N-methyl/N-ethyl adjacent to an activating group) is 1. The molecule has 2 aromatic carbocycles. The number of piperazine rings is 1. The first-order valence-corrected chi connectivity index (χ1v) is 12.2. The van der Waals surface area contributed by atoms with Crippen molar-refractivity contribution in [2.24, 2.45) is 0 Å². The van der Waals surface area contributed by atoms with Crippen molar-refractivity contribution >= 4 is 23.5 Å². The molecule has 0 bridgehead atoms. The van der Waals surface area contributed by atoms with Gasteiger partial charge >= 0.3 is 6.03 Å². The average Bonchev–Trinajstić information content (AvgIpc) is 3.18. The summed E-state index contributed by atoms with van der Waals surface area (Å²) in [4.78, 5) is 46.2. The number of carbonyl (C=O) groups excluding carboxylic acids is 3. The molecule has 3 aliphatic heterocycles. The predicted molar refractivity (Wildman–Crippen MR) is 134 cm³/mol. The van der Waals surface area contributed by atoms with Crippen LogP contribution >= 0.6 is 0 Å². The van der Waals surface area contributed by atoms with Crippen molar-refractivity contribution < 1.29 is 18.8 Å². The largest absolute Gasteiger partial charge is 0.368 e. The first-order chi connectivity index (χ1) is 17.2. The zero-order valence-corrected chi connectivity index (χ0v) is 20.8. The van der Waals surface area contributed by atoms with Crippen molar-refractivity contribution in [3.63, 3.8) is 0 Å². The predicted octanol–water partition coefficient (Wildman–Crippen LogP) is 2.58. The van der Waals surface area contributed by atoms with Crippen LogP contribution in [-0.2, 0) is 9.59 Å². The third kappa shape index (κ3) is 4.19. The Morgan fingerprint density at radius 3 is 2.28 bits per heavy atom. The van der Waals surface area contributed by atoms with Gasteiger partial charge in [0.1, 0.15) is 12.4 Å². The van der Waals surface area contributed by atoms with Crippen molar-refractivity contribution in [3.05, 3.63) is 76.2 Å². The number of hydrogen-bond donors (Lipinski definition) is 1. The van der Waals surface area contributed by atoms with E-state index < -0.39 is 11.9 Å². The van der Waals surface area contributed by atoms with Crippen LogP contribution in [0.25, 0.3) is 0 Å². The standard InChI is InChI=1S/C27H30FN5O3/c1-17-5-4-6-18(2)25(17)32-13-11-31(12-14-32)22(34)16-33-15-21-23(26(33)35)24(29-27(36)30(21)3)19-7-9-20(28)10-8-19/h4-10,24H,11-16H2,1-3H3,(H,29,36). The van der Waals surface area contributed by atoms with Crippen LogP contribution in [0.15, 0.2) is 53.7 Å². The summed E-state index contributed by atoms with van der Waals surface area (Å²) in [6.07, 6.45) is 0. The number of nitrogens with one attached hydrogen (secondary N) is 1. The molecule has 0 radical (unpaired) electrons. The molecule has 1 fully saturated rings. The number of hydrogen-bond acceptors (Lipinski definition) is 4. The Balaban J connectivity index is 1.27. The summed E-state index contributed by atoms with van der Waals surface area (Å²) >= 11 is 0. The van der Waals surface area contributed by atoms with Crippen LogP contribution < -0.4 is 10.2 Å². The first-order valence-electron chi connectivity index (χ1n) is 12.2. The molecule has 0 aliphatic carbocycles. The number of amides is 4. The molecule has 36 heavy (non-hydrogen) atoms. The Morgan fingerprint density at radius 2 is 1.64 bits per heavy atom. The summed E-state index contributed by atoms with van der Waals surface area (Å²) in [6, 6.07) is 11.0. The maximum Gasteiger partial charge on any atom is 0.322 e. The maximum atomic E-state index is 13.5. The van der Waals surface area contributed by atoms with Crippen LogP contribution in [-0.4, -0.2) is 78.9 Å². The Labute approximate surface area is 209 Å². The number of rotatable bonds is 4. The van der Waals surface area contributed by atoms with Crippen LogP contribution in [0, 0.1) is 19.7 Å². The summed E-state index contributed by atoms with van der Waals surface area (Å²) in [5.41, 5.74) is 5.29. The molecular formula is C27H30FN5O3. The topological polar surface area (TPSA) is 76.2 Å². The molecule has 4 amide bonds. The van der Waals surface area contributed by atoms with Crippen LogP contribution in [0.3, 0.4) is 0 Å². The van der Waals surface area contributed by atoms with Crippen LogP contribution in [0.2, 0.25) is 0 Å². The molecule has 3 aliphatic rings. The van der Waals surface area contributed by atoms with Crippen molar-refractivity contribution in [1.82, 2.24) is 20.0 Å². The minimum atomic E-state index is -0.683. The van der Waals surface area contributed by atoms with Crippen LogP contribution in [0.4, 0.5) is 14.9 Å². The van der Waals surface area contributed by atoms with Gasteiger partial charge in [0.2, 0.25) is 5.91 Å². The zero-order valence-electron chi connectivity index (χ0n) is 20.8. The van der Waals surface area contributed by atoms with E-state index in [9.17, 15) is 18.8 Å². The highest BCUT2D eigenvalue weighted by atomic mass is 19.1. The quantitative estimate of drug-likeness (QED) is 0.714. The van der Waals surface area contributed by atoms with E-state index in [0.29, 0.717) is 29.9 Å². The molecule has 2 aromatic rings. The van der Waals surface area contributed by atoms with Crippen molar-refractivity contribution in [1.29, 1.82) is 0 Å². The molecule has 1 N–H and O–H groups in total. The van der Waals surface area contributed by atoms with Crippen LogP contribution in [0.5, 0.6) is 0 Å². The highest BCUT2D eigenvalue weighted by Gasteiger charge is 2.43. The second-order valence-corrected chi connectivity index (χ2v) is 9.62. The number of urea groups is 1. The molecule has 1 saturated heterocycles. The maximum absolute atomic E-state index is 13.5. The lowest BCUT2D eigenvalue weighted by molar-refractivity contribution is -0.137. The Morgan fingerprint density at radius 1 is 1.00 bits per heavy atom. The number of nitrogens with zero attached hydrogens (tertiary/aromatic N) is 4. The van der Waals surface area contributed by atoms with E-state index in [-0.39, 0.29) is 30.9 Å². The smallest absolute Gasteiger partial charge is 0.322 e. The molecule has 1 unspecified atom stereocenters. The van der Waals surface area contributed by atoms with Gasteiger partial charge in [-0.1, -0.05) is 30.3 Å². The lowest BCUT2D eigenvalue weighted by Gasteiger charge is -2.38. The van der Waals surface area contributed by atoms with Gasteiger partial charge in [-0.3, -0.25) is 14.5 Å². The highest BCUT2D eigenvalue weighted by molar-refractivity contribution is 6.03. The second kappa shape index (κ2) is 9.29. The summed E-state index contributed by atoms with van der Waals surface area (Å²) in [6.45, 7) is 6.96. The lowest BCUT2D eigenvalue weighted by Crippen LogP contribution is -2.52. The molecule has 188 valence electrons. The zero-order chi connectivity index (χ0) is 25.6. The lowest BCUT2D eigenvalue weighted by atomic mass is 9.96. The van der Waals surface area contributed by atoms with E-state index in [4.69, 9.17) is 0 Å². The number of aryl methyl sites for hydroxylation is 2. The van der Waals surface area contributed by atoms with E-state index in [1.165, 1.54) is 38.7 Å². The fourth-order valence-corrected chi connectivity index (χ4v) is 5.40. The van der Waals surface area contributed by atoms with Crippen molar-refractivity contribution in [3.8, 4) is 0 Å². The van der Waals surface area contributed by atoms with E-state index in [1.807, 2.05) is 0 Å². The van der Waals surface area contributed by atoms with E-state index in [2.05, 4.69) is 42.3 Å². The molecule has 8 nitrogen and oxygen atoms in total. The van der Waals surface area contributed by atoms with Gasteiger partial charge in [0, 0.05) is 38.9 Å². The van der Waals surface area contributed by atoms with Crippen LogP contribution in [0.1, 0.15) is 22.7 Å². The summed E-state index contributed by atoms with van der Waals surface area (Å²) in [5, 5.41) is 2.83. The fourth-order valence-electron chi connectivity index (χ4n) is 5.40. The van der Waals surface area contributed by atoms with Crippen molar-refractivity contribution in [2.75, 3.05) is 51.2 Å². The number of benzene rings is 2. The number of halogens is 1. The van der Waals surface area contributed by atoms with Gasteiger partial charge in [0.25, 0.3) is 5.91 Å². The molecular weight excluding hydrogens is 461 g/mol. The van der Waals surface area contributed by atoms with Crippen molar-refractivity contribution in [2.45, 2.75) is 19.9 Å². The van der Waals surface area contributed by atoms with Gasteiger partial charge in [-0.2, -0.15) is 0 Å². The molecule has 9 heteroatoms. The second-order valence-electron chi connectivity index (χ2n) is 9.62. The Hall–Kier alpha value is -3.88. The Bertz CT molecular complexity index is 1230. The normalized spacial score (nSPS) is 20.2. The third-order valence-electron chi connectivity index (χ3n) is 7.35. The number of carbonyl (C=O) groups is 3. The summed E-state index contributed by atoms with van der Waals surface area (Å²) in [5.74, 6) is -0.784. The van der Waals surface area contributed by atoms with Gasteiger partial charge in [-0.25, -0.2) is 9.18 Å². The minimum absolute atomic E-state index is 0.0482. The van der Waals surface area contributed by atoms with Gasteiger partial charge < -0.3 is 20.0 Å².